The Morgan fingerprint density at radius 1 is 1.25 bits per heavy atom. The van der Waals surface area contributed by atoms with Crippen LogP contribution in [0.3, 0.4) is 0 Å². The van der Waals surface area contributed by atoms with Crippen molar-refractivity contribution >= 4 is 0 Å². The molecule has 0 heterocycles. The van der Waals surface area contributed by atoms with Crippen LogP contribution >= 0.6 is 0 Å². The van der Waals surface area contributed by atoms with Gasteiger partial charge in [0, 0.05) is 0 Å². The van der Waals surface area contributed by atoms with Crippen molar-refractivity contribution < 1.29 is 10.2 Å². The van der Waals surface area contributed by atoms with Crippen molar-refractivity contribution in [1.82, 2.24) is 0 Å². The Bertz CT molecular complexity index is 144. The van der Waals surface area contributed by atoms with Gasteiger partial charge in [-0.25, -0.2) is 0 Å². The van der Waals surface area contributed by atoms with E-state index in [1.165, 1.54) is 37.7 Å². The molecule has 0 saturated heterocycles. The second kappa shape index (κ2) is 5.33. The molecule has 0 radical (unpaired) electrons. The SMILES string of the molecule is OCC(O)CC=C1CCCCC1. The van der Waals surface area contributed by atoms with Crippen molar-refractivity contribution in [1.29, 1.82) is 0 Å². The molecule has 1 saturated carbocycles. The van der Waals surface area contributed by atoms with Crippen LogP contribution < -0.4 is 0 Å². The Hall–Kier alpha value is -0.340. The first-order valence-electron chi connectivity index (χ1n) is 4.79. The monoisotopic (exact) mass is 170 g/mol. The molecule has 1 unspecified atom stereocenters. The van der Waals surface area contributed by atoms with E-state index in [4.69, 9.17) is 10.2 Å². The van der Waals surface area contributed by atoms with Gasteiger partial charge in [-0.1, -0.05) is 18.1 Å². The maximum absolute atomic E-state index is 9.09. The van der Waals surface area contributed by atoms with Crippen LogP contribution in [0.4, 0.5) is 0 Å². The first-order valence-corrected chi connectivity index (χ1v) is 4.79. The van der Waals surface area contributed by atoms with Crippen LogP contribution in [0.15, 0.2) is 11.6 Å². The summed E-state index contributed by atoms with van der Waals surface area (Å²) in [5.41, 5.74) is 1.47. The lowest BCUT2D eigenvalue weighted by molar-refractivity contribution is 0.0973. The van der Waals surface area contributed by atoms with Gasteiger partial charge in [0.25, 0.3) is 0 Å². The topological polar surface area (TPSA) is 40.5 Å². The Kier molecular flexibility index (Phi) is 4.33. The van der Waals surface area contributed by atoms with Crippen molar-refractivity contribution in [2.24, 2.45) is 0 Å². The number of aliphatic hydroxyl groups is 2. The van der Waals surface area contributed by atoms with Crippen LogP contribution in [-0.2, 0) is 0 Å². The third-order valence-electron chi connectivity index (χ3n) is 2.39. The van der Waals surface area contributed by atoms with Gasteiger partial charge in [0.15, 0.2) is 0 Å². The lowest BCUT2D eigenvalue weighted by atomic mass is 9.94. The minimum Gasteiger partial charge on any atom is -0.394 e. The summed E-state index contributed by atoms with van der Waals surface area (Å²) in [6.45, 7) is -0.121. The molecule has 0 amide bonds. The molecule has 12 heavy (non-hydrogen) atoms. The quantitative estimate of drug-likeness (QED) is 0.632. The summed E-state index contributed by atoms with van der Waals surface area (Å²) >= 11 is 0. The van der Waals surface area contributed by atoms with Crippen LogP contribution in [0.25, 0.3) is 0 Å². The zero-order chi connectivity index (χ0) is 8.81. The average molecular weight is 170 g/mol. The highest BCUT2D eigenvalue weighted by Crippen LogP contribution is 2.23. The number of rotatable bonds is 3. The van der Waals surface area contributed by atoms with Gasteiger partial charge in [-0.2, -0.15) is 0 Å². The molecule has 2 N–H and O–H groups in total. The Balaban J connectivity index is 2.24. The van der Waals surface area contributed by atoms with Crippen molar-refractivity contribution in [2.75, 3.05) is 6.61 Å². The van der Waals surface area contributed by atoms with E-state index in [0.717, 1.165) is 0 Å². The van der Waals surface area contributed by atoms with Gasteiger partial charge in [-0.3, -0.25) is 0 Å². The van der Waals surface area contributed by atoms with E-state index >= 15 is 0 Å². The van der Waals surface area contributed by atoms with Gasteiger partial charge in [0.2, 0.25) is 0 Å². The van der Waals surface area contributed by atoms with E-state index in [2.05, 4.69) is 6.08 Å². The summed E-state index contributed by atoms with van der Waals surface area (Å²) in [7, 11) is 0. The highest BCUT2D eigenvalue weighted by atomic mass is 16.3. The first-order chi connectivity index (χ1) is 5.83. The van der Waals surface area contributed by atoms with Crippen LogP contribution in [0.2, 0.25) is 0 Å². The molecule has 0 spiro atoms. The van der Waals surface area contributed by atoms with Gasteiger partial charge >= 0.3 is 0 Å². The summed E-state index contributed by atoms with van der Waals surface area (Å²) < 4.78 is 0. The third kappa shape index (κ3) is 3.37. The summed E-state index contributed by atoms with van der Waals surface area (Å²) in [6.07, 6.45) is 8.48. The Labute approximate surface area is 73.9 Å². The lowest BCUT2D eigenvalue weighted by Gasteiger charge is -2.14. The number of hydrogen-bond acceptors (Lipinski definition) is 2. The molecule has 0 aromatic rings. The van der Waals surface area contributed by atoms with Crippen LogP contribution in [0.5, 0.6) is 0 Å². The predicted octanol–water partition coefficient (Wildman–Crippen LogP) is 1.62. The van der Waals surface area contributed by atoms with Crippen LogP contribution in [0, 0.1) is 0 Å². The second-order valence-corrected chi connectivity index (χ2v) is 3.50. The average Bonchev–Trinajstić information content (AvgIpc) is 2.16. The van der Waals surface area contributed by atoms with E-state index < -0.39 is 6.10 Å². The summed E-state index contributed by atoms with van der Waals surface area (Å²) in [4.78, 5) is 0. The molecular formula is C10H18O2. The maximum Gasteiger partial charge on any atom is 0.0805 e. The van der Waals surface area contributed by atoms with Crippen LogP contribution in [0.1, 0.15) is 38.5 Å². The second-order valence-electron chi connectivity index (χ2n) is 3.50. The minimum absolute atomic E-state index is 0.121. The predicted molar refractivity (Wildman–Crippen MR) is 48.9 cm³/mol. The summed E-state index contributed by atoms with van der Waals surface area (Å²) in [5, 5.41) is 17.7. The number of aliphatic hydroxyl groups excluding tert-OH is 2. The van der Waals surface area contributed by atoms with E-state index in [1.54, 1.807) is 0 Å². The number of allylic oxidation sites excluding steroid dienone is 1. The Morgan fingerprint density at radius 3 is 2.50 bits per heavy atom. The molecule has 1 aliphatic rings. The van der Waals surface area contributed by atoms with Crippen molar-refractivity contribution in [2.45, 2.75) is 44.6 Å². The van der Waals surface area contributed by atoms with Gasteiger partial charge in [0.1, 0.15) is 0 Å². The fraction of sp³-hybridized carbons (Fsp3) is 0.800. The normalized spacial score (nSPS) is 20.7. The summed E-state index contributed by atoms with van der Waals surface area (Å²) in [5.74, 6) is 0. The highest BCUT2D eigenvalue weighted by Gasteiger charge is 2.05. The third-order valence-corrected chi connectivity index (χ3v) is 2.39. The lowest BCUT2D eigenvalue weighted by Crippen LogP contribution is -2.10. The van der Waals surface area contributed by atoms with Gasteiger partial charge < -0.3 is 10.2 Å². The smallest absolute Gasteiger partial charge is 0.0805 e. The zero-order valence-electron chi connectivity index (χ0n) is 7.50. The molecule has 0 aromatic heterocycles. The van der Waals surface area contributed by atoms with Gasteiger partial charge in [-0.15, -0.1) is 0 Å². The maximum atomic E-state index is 9.09. The molecule has 70 valence electrons. The van der Waals surface area contributed by atoms with Crippen LogP contribution in [-0.4, -0.2) is 22.9 Å². The first kappa shape index (κ1) is 9.75. The Morgan fingerprint density at radius 2 is 1.92 bits per heavy atom. The van der Waals surface area contributed by atoms with E-state index in [-0.39, 0.29) is 6.61 Å². The largest absolute Gasteiger partial charge is 0.394 e. The molecule has 1 atom stereocenters. The number of hydrogen-bond donors (Lipinski definition) is 2. The minimum atomic E-state index is -0.556. The molecule has 2 heteroatoms. The van der Waals surface area contributed by atoms with Gasteiger partial charge in [-0.05, 0) is 32.1 Å². The molecule has 0 bridgehead atoms. The fourth-order valence-electron chi connectivity index (χ4n) is 1.59. The van der Waals surface area contributed by atoms with Crippen molar-refractivity contribution in [3.8, 4) is 0 Å². The van der Waals surface area contributed by atoms with E-state index in [0.29, 0.717) is 6.42 Å². The standard InChI is InChI=1S/C10H18O2/c11-8-10(12)7-6-9-4-2-1-3-5-9/h6,10-12H,1-5,7-8H2. The van der Waals surface area contributed by atoms with Gasteiger partial charge in [0.05, 0.1) is 12.7 Å². The zero-order valence-corrected chi connectivity index (χ0v) is 7.50. The molecule has 0 aliphatic heterocycles. The summed E-state index contributed by atoms with van der Waals surface area (Å²) in [6, 6.07) is 0. The molecule has 2 nitrogen and oxygen atoms in total. The molecule has 1 fully saturated rings. The van der Waals surface area contributed by atoms with E-state index in [9.17, 15) is 0 Å². The highest BCUT2D eigenvalue weighted by molar-refractivity contribution is 5.04. The molecule has 1 aliphatic carbocycles. The van der Waals surface area contributed by atoms with E-state index in [1.807, 2.05) is 0 Å². The molecular weight excluding hydrogens is 152 g/mol. The van der Waals surface area contributed by atoms with Crippen molar-refractivity contribution in [3.05, 3.63) is 11.6 Å². The fourth-order valence-corrected chi connectivity index (χ4v) is 1.59. The molecule has 1 rings (SSSR count). The van der Waals surface area contributed by atoms with Crippen molar-refractivity contribution in [3.63, 3.8) is 0 Å². The molecule has 0 aromatic carbocycles.